The Morgan fingerprint density at radius 2 is 2.04 bits per heavy atom. The summed E-state index contributed by atoms with van der Waals surface area (Å²) in [7, 11) is 0. The second-order valence-corrected chi connectivity index (χ2v) is 7.14. The van der Waals surface area contributed by atoms with Crippen LogP contribution in [-0.2, 0) is 4.74 Å². The first-order valence-electron chi connectivity index (χ1n) is 7.76. The maximum Gasteiger partial charge on any atom is 0.341 e. The molecule has 1 aromatic carbocycles. The van der Waals surface area contributed by atoms with E-state index in [1.165, 1.54) is 17.4 Å². The van der Waals surface area contributed by atoms with Crippen molar-refractivity contribution in [3.8, 4) is 0 Å². The maximum absolute atomic E-state index is 12.6. The highest BCUT2D eigenvalue weighted by atomic mass is 35.5. The Hall–Kier alpha value is -2.64. The minimum atomic E-state index is -0.548. The summed E-state index contributed by atoms with van der Waals surface area (Å²) in [6.45, 7) is 3.78. The van der Waals surface area contributed by atoms with Crippen molar-refractivity contribution in [3.05, 3.63) is 56.9 Å². The van der Waals surface area contributed by atoms with Gasteiger partial charge in [0.15, 0.2) is 0 Å². The first-order valence-corrected chi connectivity index (χ1v) is 8.95. The van der Waals surface area contributed by atoms with Gasteiger partial charge < -0.3 is 14.5 Å². The lowest BCUT2D eigenvalue weighted by Gasteiger charge is -2.07. The normalized spacial score (nSPS) is 10.7. The molecule has 2 aromatic heterocycles. The number of thiophene rings is 1. The number of rotatable bonds is 4. The Balaban J connectivity index is 1.96. The molecule has 0 spiro atoms. The van der Waals surface area contributed by atoms with Crippen molar-refractivity contribution < 1.29 is 18.7 Å². The van der Waals surface area contributed by atoms with Crippen LogP contribution in [0.3, 0.4) is 0 Å². The predicted molar refractivity (Wildman–Crippen MR) is 100 cm³/mol. The molecule has 0 fully saturated rings. The molecule has 0 aliphatic heterocycles. The second-order valence-electron chi connectivity index (χ2n) is 5.45. The summed E-state index contributed by atoms with van der Waals surface area (Å²) in [5, 5.41) is 12.1. The van der Waals surface area contributed by atoms with Gasteiger partial charge in [-0.3, -0.25) is 10.2 Å². The van der Waals surface area contributed by atoms with E-state index < -0.39 is 11.9 Å². The number of carbonyl (C=O) groups excluding carboxylic acids is 2. The zero-order valence-corrected chi connectivity index (χ0v) is 15.6. The van der Waals surface area contributed by atoms with E-state index in [0.717, 1.165) is 4.88 Å². The number of nitrogens with one attached hydrogen (secondary N) is 2. The van der Waals surface area contributed by atoms with E-state index in [0.29, 0.717) is 21.0 Å². The smallest absolute Gasteiger partial charge is 0.341 e. The van der Waals surface area contributed by atoms with Gasteiger partial charge in [0.25, 0.3) is 5.91 Å². The van der Waals surface area contributed by atoms with Gasteiger partial charge in [-0.25, -0.2) is 4.79 Å². The highest BCUT2D eigenvalue weighted by Gasteiger charge is 2.20. The Kier molecular flexibility index (Phi) is 5.11. The van der Waals surface area contributed by atoms with Gasteiger partial charge in [-0.05, 0) is 44.2 Å². The first kappa shape index (κ1) is 18.2. The number of anilines is 1. The van der Waals surface area contributed by atoms with Crippen molar-refractivity contribution in [1.82, 2.24) is 0 Å². The first-order chi connectivity index (χ1) is 12.4. The monoisotopic (exact) mass is 390 g/mol. The SMILES string of the molecule is CCOC(=O)c1cc(C)sc1NC(=O)c1cc2cc(Cl)ccc2oc1=N. The summed E-state index contributed by atoms with van der Waals surface area (Å²) in [6.07, 6.45) is 0. The average molecular weight is 391 g/mol. The van der Waals surface area contributed by atoms with Gasteiger partial charge in [-0.1, -0.05) is 11.6 Å². The fourth-order valence-corrected chi connectivity index (χ4v) is 3.49. The molecule has 0 radical (unpaired) electrons. The number of ether oxygens (including phenoxy) is 1. The van der Waals surface area contributed by atoms with E-state index in [2.05, 4.69) is 5.32 Å². The number of esters is 1. The molecule has 0 saturated heterocycles. The van der Waals surface area contributed by atoms with Gasteiger partial charge in [-0.2, -0.15) is 0 Å². The van der Waals surface area contributed by atoms with E-state index in [-0.39, 0.29) is 23.3 Å². The second kappa shape index (κ2) is 7.31. The minimum absolute atomic E-state index is 0.0422. The molecule has 1 amide bonds. The fraction of sp³-hybridized carbons (Fsp3) is 0.167. The maximum atomic E-state index is 12.6. The van der Waals surface area contributed by atoms with Crippen molar-refractivity contribution in [2.45, 2.75) is 13.8 Å². The molecule has 0 aliphatic rings. The third-order valence-corrected chi connectivity index (χ3v) is 4.75. The molecule has 6 nitrogen and oxygen atoms in total. The van der Waals surface area contributed by atoms with Crippen LogP contribution in [0.15, 0.2) is 34.7 Å². The van der Waals surface area contributed by atoms with E-state index >= 15 is 0 Å². The van der Waals surface area contributed by atoms with Crippen molar-refractivity contribution in [3.63, 3.8) is 0 Å². The van der Waals surface area contributed by atoms with Crippen LogP contribution < -0.4 is 10.9 Å². The number of fused-ring (bicyclic) bond motifs is 1. The topological polar surface area (TPSA) is 92.4 Å². The van der Waals surface area contributed by atoms with E-state index in [9.17, 15) is 9.59 Å². The number of hydrogen-bond donors (Lipinski definition) is 2. The van der Waals surface area contributed by atoms with Crippen LogP contribution in [0.25, 0.3) is 11.0 Å². The van der Waals surface area contributed by atoms with Gasteiger partial charge in [0.1, 0.15) is 16.1 Å². The summed E-state index contributed by atoms with van der Waals surface area (Å²) >= 11 is 7.23. The molecule has 3 aromatic rings. The molecule has 8 heteroatoms. The highest BCUT2D eigenvalue weighted by molar-refractivity contribution is 7.16. The summed E-state index contributed by atoms with van der Waals surface area (Å²) in [4.78, 5) is 25.5. The molecule has 0 unspecified atom stereocenters. The van der Waals surface area contributed by atoms with Gasteiger partial charge in [-0.15, -0.1) is 11.3 Å². The standard InChI is InChI=1S/C18H15ClN2O4S/c1-3-24-18(23)13-6-9(2)26-17(13)21-16(22)12-8-10-7-11(19)4-5-14(10)25-15(12)20/h4-8,20H,3H2,1-2H3,(H,21,22). The van der Waals surface area contributed by atoms with E-state index in [4.69, 9.17) is 26.2 Å². The van der Waals surface area contributed by atoms with Crippen LogP contribution in [0.2, 0.25) is 5.02 Å². The van der Waals surface area contributed by atoms with Crippen LogP contribution in [0, 0.1) is 12.3 Å². The molecule has 134 valence electrons. The highest BCUT2D eigenvalue weighted by Crippen LogP contribution is 2.29. The Morgan fingerprint density at radius 1 is 1.27 bits per heavy atom. The van der Waals surface area contributed by atoms with Crippen LogP contribution in [0.5, 0.6) is 0 Å². The van der Waals surface area contributed by atoms with Crippen LogP contribution in [0.4, 0.5) is 5.00 Å². The number of benzene rings is 1. The molecule has 3 rings (SSSR count). The van der Waals surface area contributed by atoms with Crippen molar-refractivity contribution in [1.29, 1.82) is 5.41 Å². The molecule has 26 heavy (non-hydrogen) atoms. The van der Waals surface area contributed by atoms with Gasteiger partial charge in [0, 0.05) is 15.3 Å². The minimum Gasteiger partial charge on any atom is -0.462 e. The zero-order valence-electron chi connectivity index (χ0n) is 14.0. The molecular weight excluding hydrogens is 376 g/mol. The Labute approximate surface area is 157 Å². The van der Waals surface area contributed by atoms with Gasteiger partial charge >= 0.3 is 5.97 Å². The third kappa shape index (κ3) is 3.63. The number of halogens is 1. The molecular formula is C18H15ClN2O4S. The van der Waals surface area contributed by atoms with Crippen molar-refractivity contribution in [2.24, 2.45) is 0 Å². The van der Waals surface area contributed by atoms with E-state index in [1.807, 2.05) is 6.92 Å². The lowest BCUT2D eigenvalue weighted by Crippen LogP contribution is -2.21. The fourth-order valence-electron chi connectivity index (χ4n) is 2.42. The number of carbonyl (C=O) groups is 2. The molecule has 2 N–H and O–H groups in total. The quantitative estimate of drug-likeness (QED) is 0.647. The molecule has 0 aliphatic carbocycles. The Bertz CT molecular complexity index is 1070. The summed E-state index contributed by atoms with van der Waals surface area (Å²) < 4.78 is 10.4. The number of hydrogen-bond acceptors (Lipinski definition) is 6. The van der Waals surface area contributed by atoms with Crippen LogP contribution >= 0.6 is 22.9 Å². The predicted octanol–water partition coefficient (Wildman–Crippen LogP) is 4.36. The third-order valence-electron chi connectivity index (χ3n) is 3.55. The molecule has 2 heterocycles. The van der Waals surface area contributed by atoms with Gasteiger partial charge in [0.05, 0.1) is 12.2 Å². The molecule has 0 atom stereocenters. The lowest BCUT2D eigenvalue weighted by molar-refractivity contribution is 0.0528. The van der Waals surface area contributed by atoms with Gasteiger partial charge in [0.2, 0.25) is 5.55 Å². The zero-order chi connectivity index (χ0) is 18.8. The Morgan fingerprint density at radius 3 is 2.77 bits per heavy atom. The summed E-state index contributed by atoms with van der Waals surface area (Å²) in [5.74, 6) is -1.05. The van der Waals surface area contributed by atoms with Crippen molar-refractivity contribution in [2.75, 3.05) is 11.9 Å². The summed E-state index contributed by atoms with van der Waals surface area (Å²) in [6, 6.07) is 8.12. The number of amides is 1. The van der Waals surface area contributed by atoms with Crippen molar-refractivity contribution >= 4 is 50.8 Å². The number of aryl methyl sites for hydroxylation is 1. The average Bonchev–Trinajstić information content (AvgIpc) is 2.95. The van der Waals surface area contributed by atoms with Crippen LogP contribution in [0.1, 0.15) is 32.5 Å². The van der Waals surface area contributed by atoms with Crippen LogP contribution in [-0.4, -0.2) is 18.5 Å². The van der Waals surface area contributed by atoms with E-state index in [1.54, 1.807) is 31.2 Å². The molecule has 0 saturated carbocycles. The molecule has 0 bridgehead atoms. The summed E-state index contributed by atoms with van der Waals surface area (Å²) in [5.41, 5.74) is 0.508. The lowest BCUT2D eigenvalue weighted by atomic mass is 10.1. The largest absolute Gasteiger partial charge is 0.462 e.